The van der Waals surface area contributed by atoms with Gasteiger partial charge in [0, 0.05) is 16.3 Å². The summed E-state index contributed by atoms with van der Waals surface area (Å²) in [6.07, 6.45) is 3.19. The molecule has 0 saturated heterocycles. The van der Waals surface area contributed by atoms with Crippen LogP contribution in [0.2, 0.25) is 0 Å². The van der Waals surface area contributed by atoms with Gasteiger partial charge in [-0.3, -0.25) is 5.43 Å². The first-order chi connectivity index (χ1) is 10.8. The van der Waals surface area contributed by atoms with Crippen molar-refractivity contribution in [1.82, 2.24) is 10.2 Å². The third kappa shape index (κ3) is 2.80. The molecule has 110 valence electrons. The fourth-order valence-corrected chi connectivity index (χ4v) is 2.04. The predicted molar refractivity (Wildman–Crippen MR) is 85.4 cm³/mol. The molecule has 0 aliphatic heterocycles. The Hall–Kier alpha value is -3.15. The van der Waals surface area contributed by atoms with Gasteiger partial charge in [-0.15, -0.1) is 5.10 Å². The van der Waals surface area contributed by atoms with Crippen molar-refractivity contribution in [1.29, 1.82) is 0 Å². The summed E-state index contributed by atoms with van der Waals surface area (Å²) in [5.74, 6) is 1.32. The molecule has 0 aliphatic carbocycles. The molecule has 0 unspecified atom stereocenters. The first kappa shape index (κ1) is 13.8. The molecule has 0 bridgehead atoms. The summed E-state index contributed by atoms with van der Waals surface area (Å²) >= 11 is 0. The minimum atomic E-state index is 0.121. The maximum absolute atomic E-state index is 9.80. The third-order valence-corrected chi connectivity index (χ3v) is 3.18. The number of aromatic hydroxyl groups is 1. The number of nitrogens with zero attached hydrogens (tertiary/aromatic N) is 3. The van der Waals surface area contributed by atoms with Crippen molar-refractivity contribution in [2.75, 3.05) is 12.5 Å². The Bertz CT molecular complexity index is 828. The van der Waals surface area contributed by atoms with Gasteiger partial charge in [0.15, 0.2) is 5.82 Å². The van der Waals surface area contributed by atoms with Gasteiger partial charge in [-0.2, -0.15) is 10.2 Å². The quantitative estimate of drug-likeness (QED) is 0.571. The molecular weight excluding hydrogens is 280 g/mol. The van der Waals surface area contributed by atoms with E-state index in [-0.39, 0.29) is 5.75 Å². The average molecular weight is 294 g/mol. The molecule has 22 heavy (non-hydrogen) atoms. The van der Waals surface area contributed by atoms with Gasteiger partial charge in [-0.1, -0.05) is 24.3 Å². The van der Waals surface area contributed by atoms with Gasteiger partial charge in [-0.25, -0.2) is 0 Å². The van der Waals surface area contributed by atoms with Crippen molar-refractivity contribution >= 4 is 22.8 Å². The van der Waals surface area contributed by atoms with E-state index in [9.17, 15) is 5.11 Å². The maximum Gasteiger partial charge on any atom is 0.176 e. The van der Waals surface area contributed by atoms with Crippen molar-refractivity contribution in [3.05, 3.63) is 54.2 Å². The van der Waals surface area contributed by atoms with Crippen LogP contribution in [0.4, 0.5) is 5.82 Å². The number of ether oxygens (including phenoxy) is 1. The summed E-state index contributed by atoms with van der Waals surface area (Å²) in [5.41, 5.74) is 3.39. The summed E-state index contributed by atoms with van der Waals surface area (Å²) in [7, 11) is 1.57. The van der Waals surface area contributed by atoms with Crippen LogP contribution in [0.1, 0.15) is 5.56 Å². The molecule has 0 radical (unpaired) electrons. The molecule has 0 atom stereocenters. The predicted octanol–water partition coefficient (Wildman–Crippen LogP) is 2.79. The lowest BCUT2D eigenvalue weighted by Gasteiger charge is -2.04. The second-order valence-corrected chi connectivity index (χ2v) is 4.58. The van der Waals surface area contributed by atoms with Crippen LogP contribution in [0.25, 0.3) is 10.8 Å². The van der Waals surface area contributed by atoms with Crippen LogP contribution < -0.4 is 10.2 Å². The highest BCUT2D eigenvalue weighted by Gasteiger charge is 2.02. The van der Waals surface area contributed by atoms with E-state index in [4.69, 9.17) is 4.74 Å². The number of aromatic nitrogens is 2. The number of methoxy groups -OCH3 is 1. The molecule has 0 aliphatic rings. The van der Waals surface area contributed by atoms with Crippen LogP contribution >= 0.6 is 0 Å². The minimum Gasteiger partial charge on any atom is -0.507 e. The van der Waals surface area contributed by atoms with Crippen molar-refractivity contribution in [2.24, 2.45) is 5.10 Å². The number of benzene rings is 2. The molecule has 1 heterocycles. The summed E-state index contributed by atoms with van der Waals surface area (Å²) in [5, 5.41) is 23.8. The molecule has 0 amide bonds. The standard InChI is InChI=1S/C16H14N4O2/c1-22-13-6-7-15(21)12(8-13)10-18-20-16-14-5-3-2-4-11(14)9-17-19-16/h2-10,21H,1H3,(H,19,20)/b18-10+. The second kappa shape index (κ2) is 6.09. The Morgan fingerprint density at radius 2 is 2.09 bits per heavy atom. The SMILES string of the molecule is COc1ccc(O)c(/C=N/Nc2nncc3ccccc23)c1. The van der Waals surface area contributed by atoms with E-state index in [1.165, 1.54) is 6.21 Å². The highest BCUT2D eigenvalue weighted by molar-refractivity contribution is 5.91. The Labute approximate surface area is 127 Å². The molecular formula is C16H14N4O2. The van der Waals surface area contributed by atoms with E-state index in [0.717, 1.165) is 10.8 Å². The van der Waals surface area contributed by atoms with Crippen LogP contribution in [0.3, 0.4) is 0 Å². The fraction of sp³-hybridized carbons (Fsp3) is 0.0625. The van der Waals surface area contributed by atoms with Crippen molar-refractivity contribution in [3.63, 3.8) is 0 Å². The van der Waals surface area contributed by atoms with E-state index in [1.807, 2.05) is 24.3 Å². The van der Waals surface area contributed by atoms with Crippen LogP contribution in [-0.4, -0.2) is 28.6 Å². The summed E-state index contributed by atoms with van der Waals surface area (Å²) < 4.78 is 5.12. The Balaban J connectivity index is 1.85. The lowest BCUT2D eigenvalue weighted by molar-refractivity contribution is 0.412. The number of phenols is 1. The maximum atomic E-state index is 9.80. The molecule has 2 N–H and O–H groups in total. The fourth-order valence-electron chi connectivity index (χ4n) is 2.04. The summed E-state index contributed by atoms with van der Waals surface area (Å²) in [6.45, 7) is 0. The molecule has 1 aromatic heterocycles. The lowest BCUT2D eigenvalue weighted by Crippen LogP contribution is -1.96. The van der Waals surface area contributed by atoms with Crippen molar-refractivity contribution < 1.29 is 9.84 Å². The number of nitrogens with one attached hydrogen (secondary N) is 1. The van der Waals surface area contributed by atoms with Gasteiger partial charge in [0.25, 0.3) is 0 Å². The summed E-state index contributed by atoms with van der Waals surface area (Å²) in [6, 6.07) is 12.7. The Kier molecular flexibility index (Phi) is 3.82. The first-order valence-electron chi connectivity index (χ1n) is 6.64. The number of fused-ring (bicyclic) bond motifs is 1. The van der Waals surface area contributed by atoms with E-state index < -0.39 is 0 Å². The number of phenolic OH excluding ortho intramolecular Hbond substituents is 1. The van der Waals surface area contributed by atoms with Gasteiger partial charge < -0.3 is 9.84 Å². The first-order valence-corrected chi connectivity index (χ1v) is 6.64. The zero-order valence-electron chi connectivity index (χ0n) is 11.9. The largest absolute Gasteiger partial charge is 0.507 e. The highest BCUT2D eigenvalue weighted by Crippen LogP contribution is 2.22. The average Bonchev–Trinajstić information content (AvgIpc) is 2.57. The molecule has 6 nitrogen and oxygen atoms in total. The van der Waals surface area contributed by atoms with E-state index in [2.05, 4.69) is 20.7 Å². The minimum absolute atomic E-state index is 0.121. The Morgan fingerprint density at radius 3 is 2.95 bits per heavy atom. The second-order valence-electron chi connectivity index (χ2n) is 4.58. The van der Waals surface area contributed by atoms with Gasteiger partial charge in [0.1, 0.15) is 11.5 Å². The monoisotopic (exact) mass is 294 g/mol. The third-order valence-electron chi connectivity index (χ3n) is 3.18. The number of anilines is 1. The number of hydrogen-bond acceptors (Lipinski definition) is 6. The van der Waals surface area contributed by atoms with Crippen molar-refractivity contribution in [2.45, 2.75) is 0 Å². The van der Waals surface area contributed by atoms with Crippen molar-refractivity contribution in [3.8, 4) is 11.5 Å². The molecule has 6 heteroatoms. The molecule has 3 aromatic rings. The lowest BCUT2D eigenvalue weighted by atomic mass is 10.2. The zero-order valence-corrected chi connectivity index (χ0v) is 11.9. The van der Waals surface area contributed by atoms with E-state index >= 15 is 0 Å². The zero-order chi connectivity index (χ0) is 15.4. The molecule has 3 rings (SSSR count). The van der Waals surface area contributed by atoms with E-state index in [0.29, 0.717) is 17.1 Å². The van der Waals surface area contributed by atoms with Crippen LogP contribution in [0, 0.1) is 0 Å². The highest BCUT2D eigenvalue weighted by atomic mass is 16.5. The number of hydrogen-bond donors (Lipinski definition) is 2. The van der Waals surface area contributed by atoms with E-state index in [1.54, 1.807) is 31.5 Å². The number of rotatable bonds is 4. The smallest absolute Gasteiger partial charge is 0.176 e. The van der Waals surface area contributed by atoms with Gasteiger partial charge in [-0.05, 0) is 18.2 Å². The summed E-state index contributed by atoms with van der Waals surface area (Å²) in [4.78, 5) is 0. The molecule has 2 aromatic carbocycles. The topological polar surface area (TPSA) is 79.6 Å². The van der Waals surface area contributed by atoms with Crippen LogP contribution in [0.15, 0.2) is 53.8 Å². The molecule has 0 spiro atoms. The van der Waals surface area contributed by atoms with Crippen LogP contribution in [-0.2, 0) is 0 Å². The Morgan fingerprint density at radius 1 is 1.23 bits per heavy atom. The number of hydrazone groups is 1. The van der Waals surface area contributed by atoms with Gasteiger partial charge >= 0.3 is 0 Å². The van der Waals surface area contributed by atoms with Gasteiger partial charge in [0.2, 0.25) is 0 Å². The molecule has 0 fully saturated rings. The molecule has 0 saturated carbocycles. The normalized spacial score (nSPS) is 11.0. The van der Waals surface area contributed by atoms with Gasteiger partial charge in [0.05, 0.1) is 19.5 Å². The van der Waals surface area contributed by atoms with Crippen LogP contribution in [0.5, 0.6) is 11.5 Å².